The van der Waals surface area contributed by atoms with E-state index in [0.29, 0.717) is 5.56 Å². The fraction of sp³-hybridized carbons (Fsp3) is 0.182. The summed E-state index contributed by atoms with van der Waals surface area (Å²) in [6.07, 6.45) is 3.06. The Bertz CT molecular complexity index is 683. The van der Waals surface area contributed by atoms with E-state index in [1.165, 1.54) is 19.2 Å². The van der Waals surface area contributed by atoms with Crippen molar-refractivity contribution < 1.29 is 12.8 Å². The molecule has 0 saturated carbocycles. The molecule has 0 fully saturated rings. The van der Waals surface area contributed by atoms with Gasteiger partial charge in [-0.1, -0.05) is 0 Å². The Kier molecular flexibility index (Phi) is 3.54. The third kappa shape index (κ3) is 2.91. The highest BCUT2D eigenvalue weighted by Gasteiger charge is 2.19. The number of hydrogen-bond donors (Lipinski definition) is 3. The molecule has 19 heavy (non-hydrogen) atoms. The highest BCUT2D eigenvalue weighted by Crippen LogP contribution is 2.21. The smallest absolute Gasteiger partial charge is 0.241 e. The Balaban J connectivity index is 2.29. The van der Waals surface area contributed by atoms with Crippen LogP contribution in [0.3, 0.4) is 0 Å². The van der Waals surface area contributed by atoms with Gasteiger partial charge in [-0.2, -0.15) is 5.10 Å². The van der Waals surface area contributed by atoms with Crippen molar-refractivity contribution in [3.63, 3.8) is 0 Å². The van der Waals surface area contributed by atoms with E-state index in [1.54, 1.807) is 6.20 Å². The summed E-state index contributed by atoms with van der Waals surface area (Å²) in [6, 6.07) is 2.32. The third-order valence-electron chi connectivity index (χ3n) is 2.63. The van der Waals surface area contributed by atoms with Crippen molar-refractivity contribution in [2.24, 2.45) is 0 Å². The van der Waals surface area contributed by atoms with Gasteiger partial charge in [0.15, 0.2) is 0 Å². The minimum atomic E-state index is -3.82. The molecule has 0 bridgehead atoms. The number of nitrogen functional groups attached to an aromatic ring is 1. The summed E-state index contributed by atoms with van der Waals surface area (Å²) in [5.41, 5.74) is 6.24. The lowest BCUT2D eigenvalue weighted by molar-refractivity contribution is 0.574. The molecule has 0 aliphatic carbocycles. The lowest BCUT2D eigenvalue weighted by Crippen LogP contribution is -2.24. The number of aromatic nitrogens is 2. The molecule has 0 radical (unpaired) electrons. The fourth-order valence-corrected chi connectivity index (χ4v) is 2.89. The van der Waals surface area contributed by atoms with Crippen molar-refractivity contribution in [3.05, 3.63) is 41.5 Å². The van der Waals surface area contributed by atoms with Gasteiger partial charge in [0.1, 0.15) is 5.82 Å². The van der Waals surface area contributed by atoms with Crippen LogP contribution in [-0.2, 0) is 16.6 Å². The molecular weight excluding hydrogens is 271 g/mol. The first-order valence-corrected chi connectivity index (χ1v) is 6.91. The van der Waals surface area contributed by atoms with Crippen molar-refractivity contribution in [2.75, 3.05) is 5.73 Å². The summed E-state index contributed by atoms with van der Waals surface area (Å²) in [7, 11) is -3.82. The van der Waals surface area contributed by atoms with Crippen LogP contribution in [0.25, 0.3) is 0 Å². The van der Waals surface area contributed by atoms with Crippen LogP contribution in [-0.4, -0.2) is 18.6 Å². The molecule has 1 aromatic carbocycles. The number of aromatic amines is 1. The Morgan fingerprint density at radius 2 is 2.21 bits per heavy atom. The Hall–Kier alpha value is -1.93. The summed E-state index contributed by atoms with van der Waals surface area (Å²) in [6.45, 7) is 1.45. The largest absolute Gasteiger partial charge is 0.399 e. The lowest BCUT2D eigenvalue weighted by atomic mass is 10.2. The first-order chi connectivity index (χ1) is 8.90. The van der Waals surface area contributed by atoms with Crippen LogP contribution < -0.4 is 10.5 Å². The molecule has 2 rings (SSSR count). The molecule has 0 aliphatic heterocycles. The highest BCUT2D eigenvalue weighted by molar-refractivity contribution is 7.89. The number of anilines is 1. The Morgan fingerprint density at radius 3 is 2.84 bits per heavy atom. The van der Waals surface area contributed by atoms with Crippen LogP contribution in [0.5, 0.6) is 0 Å². The van der Waals surface area contributed by atoms with Gasteiger partial charge in [0.05, 0.1) is 11.1 Å². The number of halogens is 1. The minimum absolute atomic E-state index is 0.0360. The number of nitrogens with one attached hydrogen (secondary N) is 2. The SMILES string of the molecule is Cc1c(F)cc(N)cc1S(=O)(=O)NCc1cn[nH]c1. The van der Waals surface area contributed by atoms with E-state index in [0.717, 1.165) is 6.07 Å². The zero-order chi connectivity index (χ0) is 14.0. The average molecular weight is 284 g/mol. The van der Waals surface area contributed by atoms with Gasteiger partial charge in [-0.15, -0.1) is 0 Å². The van der Waals surface area contributed by atoms with E-state index in [4.69, 9.17) is 5.73 Å². The van der Waals surface area contributed by atoms with Crippen molar-refractivity contribution >= 4 is 15.7 Å². The van der Waals surface area contributed by atoms with Gasteiger partial charge >= 0.3 is 0 Å². The summed E-state index contributed by atoms with van der Waals surface area (Å²) in [4.78, 5) is -0.159. The van der Waals surface area contributed by atoms with Crippen LogP contribution in [0, 0.1) is 12.7 Å². The maximum absolute atomic E-state index is 13.5. The van der Waals surface area contributed by atoms with Gasteiger partial charge in [-0.05, 0) is 19.1 Å². The van der Waals surface area contributed by atoms with Crippen molar-refractivity contribution in [3.8, 4) is 0 Å². The monoisotopic (exact) mass is 284 g/mol. The Morgan fingerprint density at radius 1 is 1.47 bits per heavy atom. The fourth-order valence-electron chi connectivity index (χ4n) is 1.58. The molecule has 0 aliphatic rings. The zero-order valence-electron chi connectivity index (χ0n) is 10.1. The van der Waals surface area contributed by atoms with E-state index >= 15 is 0 Å². The Labute approximate surface area is 109 Å². The molecule has 0 atom stereocenters. The quantitative estimate of drug-likeness (QED) is 0.727. The van der Waals surface area contributed by atoms with Gasteiger partial charge in [0, 0.05) is 29.6 Å². The maximum Gasteiger partial charge on any atom is 0.241 e. The second-order valence-corrected chi connectivity index (χ2v) is 5.79. The van der Waals surface area contributed by atoms with Crippen LogP contribution >= 0.6 is 0 Å². The first-order valence-electron chi connectivity index (χ1n) is 5.43. The lowest BCUT2D eigenvalue weighted by Gasteiger charge is -2.10. The molecule has 4 N–H and O–H groups in total. The van der Waals surface area contributed by atoms with Crippen LogP contribution in [0.1, 0.15) is 11.1 Å². The molecule has 0 amide bonds. The van der Waals surface area contributed by atoms with Crippen molar-refractivity contribution in [2.45, 2.75) is 18.4 Å². The molecule has 1 aromatic heterocycles. The number of hydrogen-bond acceptors (Lipinski definition) is 4. The van der Waals surface area contributed by atoms with Gasteiger partial charge < -0.3 is 5.73 Å². The molecule has 0 saturated heterocycles. The molecule has 1 heterocycles. The van der Waals surface area contributed by atoms with Crippen molar-refractivity contribution in [1.29, 1.82) is 0 Å². The summed E-state index contributed by atoms with van der Waals surface area (Å²) in [5.74, 6) is -0.649. The van der Waals surface area contributed by atoms with Crippen LogP contribution in [0.4, 0.5) is 10.1 Å². The van der Waals surface area contributed by atoms with Crippen LogP contribution in [0.15, 0.2) is 29.4 Å². The number of sulfonamides is 1. The van der Waals surface area contributed by atoms with E-state index in [-0.39, 0.29) is 22.7 Å². The first kappa shape index (κ1) is 13.5. The van der Waals surface area contributed by atoms with Gasteiger partial charge in [-0.25, -0.2) is 17.5 Å². The van der Waals surface area contributed by atoms with Gasteiger partial charge in [-0.3, -0.25) is 5.10 Å². The van der Waals surface area contributed by atoms with Crippen LogP contribution in [0.2, 0.25) is 0 Å². The second-order valence-electron chi connectivity index (χ2n) is 4.06. The van der Waals surface area contributed by atoms with E-state index in [9.17, 15) is 12.8 Å². The summed E-state index contributed by atoms with van der Waals surface area (Å²) >= 11 is 0. The predicted molar refractivity (Wildman–Crippen MR) is 68.2 cm³/mol. The van der Waals surface area contributed by atoms with E-state index in [1.807, 2.05) is 0 Å². The number of nitrogens with zero attached hydrogens (tertiary/aromatic N) is 1. The molecule has 8 heteroatoms. The van der Waals surface area contributed by atoms with E-state index in [2.05, 4.69) is 14.9 Å². The molecule has 2 aromatic rings. The topological polar surface area (TPSA) is 101 Å². The molecule has 102 valence electrons. The second kappa shape index (κ2) is 4.98. The van der Waals surface area contributed by atoms with Gasteiger partial charge in [0.25, 0.3) is 0 Å². The number of nitrogens with two attached hydrogens (primary N) is 1. The predicted octanol–water partition coefficient (Wildman–Crippen LogP) is 0.918. The maximum atomic E-state index is 13.5. The standard InChI is InChI=1S/C11H13FN4O2S/c1-7-10(12)2-9(13)3-11(7)19(17,18)16-6-8-4-14-15-5-8/h2-5,16H,6,13H2,1H3,(H,14,15). The molecule has 0 spiro atoms. The molecular formula is C11H13FN4O2S. The normalized spacial score (nSPS) is 11.7. The minimum Gasteiger partial charge on any atom is -0.399 e. The number of benzene rings is 1. The number of rotatable bonds is 4. The van der Waals surface area contributed by atoms with Gasteiger partial charge in [0.2, 0.25) is 10.0 Å². The number of H-pyrrole nitrogens is 1. The zero-order valence-corrected chi connectivity index (χ0v) is 11.0. The van der Waals surface area contributed by atoms with Crippen molar-refractivity contribution in [1.82, 2.24) is 14.9 Å². The van der Waals surface area contributed by atoms with E-state index < -0.39 is 15.8 Å². The summed E-state index contributed by atoms with van der Waals surface area (Å²) < 4.78 is 40.0. The average Bonchev–Trinajstić information content (AvgIpc) is 2.84. The third-order valence-corrected chi connectivity index (χ3v) is 4.16. The highest BCUT2D eigenvalue weighted by atomic mass is 32.2. The summed E-state index contributed by atoms with van der Waals surface area (Å²) in [5, 5.41) is 6.27. The molecule has 0 unspecified atom stereocenters. The molecule has 6 nitrogen and oxygen atoms in total.